The number of nitrogens with zero attached hydrogens (tertiary/aromatic N) is 1. The lowest BCUT2D eigenvalue weighted by atomic mass is 10.1. The number of amides is 1. The van der Waals surface area contributed by atoms with Gasteiger partial charge in [-0.15, -0.1) is 0 Å². The van der Waals surface area contributed by atoms with Crippen LogP contribution in [-0.2, 0) is 0 Å². The molecule has 3 N–H and O–H groups in total. The third-order valence-electron chi connectivity index (χ3n) is 3.26. The Balaban J connectivity index is 2.37. The maximum Gasteiger partial charge on any atom is 0.253 e. The van der Waals surface area contributed by atoms with E-state index in [1.807, 2.05) is 17.8 Å². The molecule has 1 heterocycles. The van der Waals surface area contributed by atoms with Gasteiger partial charge in [-0.25, -0.2) is 0 Å². The highest BCUT2D eigenvalue weighted by molar-refractivity contribution is 8.00. The van der Waals surface area contributed by atoms with E-state index in [1.165, 1.54) is 0 Å². The zero-order valence-electron chi connectivity index (χ0n) is 11.7. The topological polar surface area (TPSA) is 58.4 Å². The van der Waals surface area contributed by atoms with Crippen LogP contribution in [0.25, 0.3) is 0 Å². The summed E-state index contributed by atoms with van der Waals surface area (Å²) in [6, 6.07) is 5.48. The van der Waals surface area contributed by atoms with Crippen LogP contribution in [0.5, 0.6) is 0 Å². The van der Waals surface area contributed by atoms with E-state index in [9.17, 15) is 4.79 Å². The van der Waals surface area contributed by atoms with Crippen LogP contribution in [0.15, 0.2) is 18.2 Å². The predicted octanol–water partition coefficient (Wildman–Crippen LogP) is 1.96. The lowest BCUT2D eigenvalue weighted by Gasteiger charge is -2.39. The SMILES string of the molecule is CNC(=O)c1ccc(N)cc1N1CCSC(C)(C)C1. The first-order valence-corrected chi connectivity index (χ1v) is 7.42. The van der Waals surface area contributed by atoms with Gasteiger partial charge in [0.15, 0.2) is 0 Å². The molecule has 1 aliphatic heterocycles. The third kappa shape index (κ3) is 3.15. The molecule has 0 radical (unpaired) electrons. The van der Waals surface area contributed by atoms with Crippen molar-refractivity contribution in [3.63, 3.8) is 0 Å². The summed E-state index contributed by atoms with van der Waals surface area (Å²) in [4.78, 5) is 14.2. The van der Waals surface area contributed by atoms with Crippen molar-refractivity contribution in [3.8, 4) is 0 Å². The van der Waals surface area contributed by atoms with Gasteiger partial charge in [0.25, 0.3) is 5.91 Å². The Morgan fingerprint density at radius 3 is 2.84 bits per heavy atom. The summed E-state index contributed by atoms with van der Waals surface area (Å²) >= 11 is 1.97. The van der Waals surface area contributed by atoms with Gasteiger partial charge >= 0.3 is 0 Å². The van der Waals surface area contributed by atoms with E-state index >= 15 is 0 Å². The minimum absolute atomic E-state index is 0.0639. The lowest BCUT2D eigenvalue weighted by Crippen LogP contribution is -2.44. The van der Waals surface area contributed by atoms with Crippen molar-refractivity contribution in [1.82, 2.24) is 5.32 Å². The lowest BCUT2D eigenvalue weighted by molar-refractivity contribution is 0.0963. The van der Waals surface area contributed by atoms with Crippen LogP contribution in [-0.4, -0.2) is 36.5 Å². The highest BCUT2D eigenvalue weighted by atomic mass is 32.2. The molecule has 1 aliphatic rings. The number of anilines is 2. The predicted molar refractivity (Wildman–Crippen MR) is 83.0 cm³/mol. The molecular weight excluding hydrogens is 258 g/mol. The van der Waals surface area contributed by atoms with E-state index in [4.69, 9.17) is 5.73 Å². The van der Waals surface area contributed by atoms with Gasteiger partial charge in [-0.1, -0.05) is 0 Å². The van der Waals surface area contributed by atoms with E-state index in [2.05, 4.69) is 24.1 Å². The van der Waals surface area contributed by atoms with E-state index in [1.54, 1.807) is 19.2 Å². The van der Waals surface area contributed by atoms with Crippen molar-refractivity contribution in [1.29, 1.82) is 0 Å². The number of carbonyl (C=O) groups excluding carboxylic acids is 1. The van der Waals surface area contributed by atoms with Crippen LogP contribution in [0, 0.1) is 0 Å². The van der Waals surface area contributed by atoms with Gasteiger partial charge in [0, 0.05) is 36.3 Å². The second kappa shape index (κ2) is 5.33. The fourth-order valence-corrected chi connectivity index (χ4v) is 3.47. The molecule has 0 bridgehead atoms. The summed E-state index contributed by atoms with van der Waals surface area (Å²) in [5.74, 6) is 1.00. The number of carbonyl (C=O) groups is 1. The van der Waals surface area contributed by atoms with E-state index in [0.29, 0.717) is 11.3 Å². The van der Waals surface area contributed by atoms with Crippen LogP contribution < -0.4 is 16.0 Å². The van der Waals surface area contributed by atoms with E-state index in [0.717, 1.165) is 24.5 Å². The largest absolute Gasteiger partial charge is 0.399 e. The summed E-state index contributed by atoms with van der Waals surface area (Å²) in [6.07, 6.45) is 0. The second-order valence-corrected chi connectivity index (χ2v) is 7.19. The molecule has 1 aromatic rings. The van der Waals surface area contributed by atoms with Gasteiger partial charge in [0.1, 0.15) is 0 Å². The molecule has 1 fully saturated rings. The molecule has 0 unspecified atom stereocenters. The molecule has 0 aromatic heterocycles. The van der Waals surface area contributed by atoms with Gasteiger partial charge in [0.2, 0.25) is 0 Å². The zero-order valence-corrected chi connectivity index (χ0v) is 12.5. The molecule has 1 amide bonds. The fraction of sp³-hybridized carbons (Fsp3) is 0.500. The number of hydrogen-bond donors (Lipinski definition) is 2. The molecule has 19 heavy (non-hydrogen) atoms. The molecule has 104 valence electrons. The second-order valence-electron chi connectivity index (χ2n) is 5.39. The Morgan fingerprint density at radius 1 is 1.47 bits per heavy atom. The number of rotatable bonds is 2. The Hall–Kier alpha value is -1.36. The van der Waals surface area contributed by atoms with Gasteiger partial charge in [0.05, 0.1) is 11.3 Å². The minimum atomic E-state index is -0.0639. The van der Waals surface area contributed by atoms with Crippen molar-refractivity contribution >= 4 is 29.0 Å². The average Bonchev–Trinajstić information content (AvgIpc) is 2.36. The first kappa shape index (κ1) is 14.1. The standard InChI is InChI=1S/C14H21N3OS/c1-14(2)9-17(6-7-19-14)12-8-10(15)4-5-11(12)13(18)16-3/h4-5,8H,6-7,9,15H2,1-3H3,(H,16,18). The maximum atomic E-state index is 12.0. The Bertz CT molecular complexity index is 488. The average molecular weight is 279 g/mol. The van der Waals surface area contributed by atoms with Gasteiger partial charge in [-0.3, -0.25) is 4.79 Å². The van der Waals surface area contributed by atoms with Crippen LogP contribution in [0.3, 0.4) is 0 Å². The van der Waals surface area contributed by atoms with Crippen molar-refractivity contribution in [2.24, 2.45) is 0 Å². The van der Waals surface area contributed by atoms with Gasteiger partial charge in [-0.05, 0) is 32.0 Å². The van der Waals surface area contributed by atoms with Gasteiger partial charge < -0.3 is 16.0 Å². The molecule has 0 aliphatic carbocycles. The third-order valence-corrected chi connectivity index (χ3v) is 4.56. The molecule has 0 spiro atoms. The zero-order chi connectivity index (χ0) is 14.0. The van der Waals surface area contributed by atoms with Crippen LogP contribution in [0.4, 0.5) is 11.4 Å². The Morgan fingerprint density at radius 2 is 2.21 bits per heavy atom. The molecular formula is C14H21N3OS. The Labute approximate surface area is 118 Å². The Kier molecular flexibility index (Phi) is 3.94. The monoisotopic (exact) mass is 279 g/mol. The summed E-state index contributed by atoms with van der Waals surface area (Å²) in [6.45, 7) is 6.33. The first-order valence-electron chi connectivity index (χ1n) is 6.43. The van der Waals surface area contributed by atoms with Crippen molar-refractivity contribution in [3.05, 3.63) is 23.8 Å². The summed E-state index contributed by atoms with van der Waals surface area (Å²) < 4.78 is 0.197. The maximum absolute atomic E-state index is 12.0. The number of nitrogen functional groups attached to an aromatic ring is 1. The van der Waals surface area contributed by atoms with Crippen LogP contribution in [0.1, 0.15) is 24.2 Å². The summed E-state index contributed by atoms with van der Waals surface area (Å²) in [5.41, 5.74) is 8.20. The normalized spacial score (nSPS) is 18.2. The highest BCUT2D eigenvalue weighted by Gasteiger charge is 2.29. The quantitative estimate of drug-likeness (QED) is 0.813. The van der Waals surface area contributed by atoms with Crippen molar-refractivity contribution in [2.45, 2.75) is 18.6 Å². The number of hydrogen-bond acceptors (Lipinski definition) is 4. The van der Waals surface area contributed by atoms with E-state index < -0.39 is 0 Å². The fourth-order valence-electron chi connectivity index (χ4n) is 2.36. The first-order chi connectivity index (χ1) is 8.93. The molecule has 1 saturated heterocycles. The van der Waals surface area contributed by atoms with Crippen LogP contribution >= 0.6 is 11.8 Å². The van der Waals surface area contributed by atoms with E-state index in [-0.39, 0.29) is 10.7 Å². The smallest absolute Gasteiger partial charge is 0.253 e. The molecule has 0 atom stereocenters. The number of benzene rings is 1. The number of thioether (sulfide) groups is 1. The number of nitrogens with two attached hydrogens (primary N) is 1. The summed E-state index contributed by atoms with van der Waals surface area (Å²) in [7, 11) is 1.65. The minimum Gasteiger partial charge on any atom is -0.399 e. The van der Waals surface area contributed by atoms with Crippen molar-refractivity contribution < 1.29 is 4.79 Å². The molecule has 5 heteroatoms. The molecule has 0 saturated carbocycles. The highest BCUT2D eigenvalue weighted by Crippen LogP contribution is 2.34. The van der Waals surface area contributed by atoms with Crippen molar-refractivity contribution in [2.75, 3.05) is 36.5 Å². The molecule has 1 aromatic carbocycles. The molecule has 2 rings (SSSR count). The van der Waals surface area contributed by atoms with Gasteiger partial charge in [-0.2, -0.15) is 11.8 Å². The molecule has 4 nitrogen and oxygen atoms in total. The van der Waals surface area contributed by atoms with Crippen LogP contribution in [0.2, 0.25) is 0 Å². The number of nitrogens with one attached hydrogen (secondary N) is 1. The summed E-state index contributed by atoms with van der Waals surface area (Å²) in [5, 5.41) is 2.69.